The van der Waals surface area contributed by atoms with E-state index in [1.165, 1.54) is 16.7 Å². The number of fused-ring (bicyclic) bond motifs is 1. The summed E-state index contributed by atoms with van der Waals surface area (Å²) in [7, 11) is 0. The minimum absolute atomic E-state index is 0.418. The van der Waals surface area contributed by atoms with Gasteiger partial charge in [-0.1, -0.05) is 54.6 Å². The molecule has 132 valence electrons. The zero-order valence-corrected chi connectivity index (χ0v) is 15.3. The molecule has 2 heterocycles. The number of aryl methyl sites for hydroxylation is 1. The first-order chi connectivity index (χ1) is 12.7. The van der Waals surface area contributed by atoms with Gasteiger partial charge in [-0.2, -0.15) is 0 Å². The number of anilines is 2. The van der Waals surface area contributed by atoms with Gasteiger partial charge in [0.15, 0.2) is 0 Å². The molecular weight excluding hydrogens is 320 g/mol. The zero-order valence-electron chi connectivity index (χ0n) is 15.3. The molecule has 4 rings (SSSR count). The van der Waals surface area contributed by atoms with E-state index >= 15 is 0 Å². The third kappa shape index (κ3) is 3.54. The molecule has 0 saturated carbocycles. The Morgan fingerprint density at radius 2 is 1.73 bits per heavy atom. The Balaban J connectivity index is 1.56. The average Bonchev–Trinajstić information content (AvgIpc) is 2.66. The van der Waals surface area contributed by atoms with E-state index in [-0.39, 0.29) is 0 Å². The summed E-state index contributed by atoms with van der Waals surface area (Å²) in [6.07, 6.45) is 1.05. The molecule has 4 nitrogen and oxygen atoms in total. The highest BCUT2D eigenvalue weighted by atomic mass is 15.2. The molecule has 2 aromatic carbocycles. The molecule has 0 spiro atoms. The molecule has 3 aromatic rings. The third-order valence-electron chi connectivity index (χ3n) is 4.94. The summed E-state index contributed by atoms with van der Waals surface area (Å²) in [5.74, 6) is 2.67. The number of benzene rings is 2. The number of nitrogens with zero attached hydrogens (tertiary/aromatic N) is 3. The quantitative estimate of drug-likeness (QED) is 0.764. The standard InChI is InChI=1S/C22H24N4/c1-16-12-19-10-6-7-11-20(19)15-26(16)22-13-21(24-17(2)25-22)23-14-18-8-4-3-5-9-18/h3-11,13,16H,12,14-15H2,1-2H3,(H,23,24,25)/t16-/m1/s1. The molecule has 1 atom stereocenters. The number of hydrogen-bond acceptors (Lipinski definition) is 4. The van der Waals surface area contributed by atoms with E-state index in [4.69, 9.17) is 4.98 Å². The van der Waals surface area contributed by atoms with Crippen molar-refractivity contribution < 1.29 is 0 Å². The van der Waals surface area contributed by atoms with Crippen molar-refractivity contribution in [3.05, 3.63) is 83.2 Å². The smallest absolute Gasteiger partial charge is 0.134 e. The summed E-state index contributed by atoms with van der Waals surface area (Å²) in [5.41, 5.74) is 4.08. The lowest BCUT2D eigenvalue weighted by Crippen LogP contribution is -2.39. The highest BCUT2D eigenvalue weighted by molar-refractivity contribution is 5.52. The van der Waals surface area contributed by atoms with Crippen molar-refractivity contribution in [2.45, 2.75) is 39.4 Å². The van der Waals surface area contributed by atoms with Gasteiger partial charge < -0.3 is 10.2 Å². The van der Waals surface area contributed by atoms with Crippen LogP contribution in [-0.2, 0) is 19.5 Å². The third-order valence-corrected chi connectivity index (χ3v) is 4.94. The Morgan fingerprint density at radius 3 is 2.54 bits per heavy atom. The maximum atomic E-state index is 4.71. The van der Waals surface area contributed by atoms with Crippen LogP contribution in [0.25, 0.3) is 0 Å². The zero-order chi connectivity index (χ0) is 17.9. The van der Waals surface area contributed by atoms with E-state index in [0.29, 0.717) is 6.04 Å². The van der Waals surface area contributed by atoms with Crippen LogP contribution in [-0.4, -0.2) is 16.0 Å². The summed E-state index contributed by atoms with van der Waals surface area (Å²) >= 11 is 0. The molecule has 0 radical (unpaired) electrons. The molecule has 0 fully saturated rings. The van der Waals surface area contributed by atoms with E-state index in [9.17, 15) is 0 Å². The second-order valence-electron chi connectivity index (χ2n) is 6.95. The van der Waals surface area contributed by atoms with Crippen molar-refractivity contribution in [1.29, 1.82) is 0 Å². The maximum absolute atomic E-state index is 4.71. The molecular formula is C22H24N4. The first kappa shape index (κ1) is 16.6. The first-order valence-corrected chi connectivity index (χ1v) is 9.16. The van der Waals surface area contributed by atoms with Crippen LogP contribution in [0, 0.1) is 6.92 Å². The predicted octanol–water partition coefficient (Wildman–Crippen LogP) is 4.35. The molecule has 0 aliphatic carbocycles. The van der Waals surface area contributed by atoms with Crippen molar-refractivity contribution in [2.24, 2.45) is 0 Å². The van der Waals surface area contributed by atoms with E-state index in [2.05, 4.69) is 76.7 Å². The predicted molar refractivity (Wildman–Crippen MR) is 106 cm³/mol. The summed E-state index contributed by atoms with van der Waals surface area (Å²) in [5, 5.41) is 3.44. The average molecular weight is 344 g/mol. The van der Waals surface area contributed by atoms with Crippen molar-refractivity contribution >= 4 is 11.6 Å². The van der Waals surface area contributed by atoms with Crippen molar-refractivity contribution in [1.82, 2.24) is 9.97 Å². The van der Waals surface area contributed by atoms with Gasteiger partial charge in [-0.25, -0.2) is 9.97 Å². The molecule has 4 heteroatoms. The van der Waals surface area contributed by atoms with Gasteiger partial charge in [-0.15, -0.1) is 0 Å². The van der Waals surface area contributed by atoms with Crippen LogP contribution in [0.2, 0.25) is 0 Å². The van der Waals surface area contributed by atoms with Crippen LogP contribution in [0.1, 0.15) is 29.4 Å². The van der Waals surface area contributed by atoms with Gasteiger partial charge in [-0.3, -0.25) is 0 Å². The van der Waals surface area contributed by atoms with Gasteiger partial charge in [0.05, 0.1) is 0 Å². The van der Waals surface area contributed by atoms with Crippen molar-refractivity contribution in [3.8, 4) is 0 Å². The molecule has 0 bridgehead atoms. The van der Waals surface area contributed by atoms with Crippen LogP contribution in [0.15, 0.2) is 60.7 Å². The minimum Gasteiger partial charge on any atom is -0.366 e. The van der Waals surface area contributed by atoms with Gasteiger partial charge in [0, 0.05) is 25.2 Å². The Labute approximate surface area is 154 Å². The van der Waals surface area contributed by atoms with Crippen LogP contribution in [0.5, 0.6) is 0 Å². The Kier molecular flexibility index (Phi) is 4.57. The lowest BCUT2D eigenvalue weighted by molar-refractivity contribution is 0.585. The van der Waals surface area contributed by atoms with Gasteiger partial charge in [0.1, 0.15) is 17.5 Å². The van der Waals surface area contributed by atoms with Crippen molar-refractivity contribution in [3.63, 3.8) is 0 Å². The second-order valence-corrected chi connectivity index (χ2v) is 6.95. The first-order valence-electron chi connectivity index (χ1n) is 9.16. The van der Waals surface area contributed by atoms with E-state index in [1.807, 2.05) is 13.0 Å². The molecule has 1 aliphatic heterocycles. The number of aromatic nitrogens is 2. The van der Waals surface area contributed by atoms with E-state index in [0.717, 1.165) is 37.0 Å². The Hall–Kier alpha value is -2.88. The molecule has 0 unspecified atom stereocenters. The number of nitrogens with one attached hydrogen (secondary N) is 1. The van der Waals surface area contributed by atoms with E-state index in [1.54, 1.807) is 0 Å². The van der Waals surface area contributed by atoms with Gasteiger partial charge in [0.2, 0.25) is 0 Å². The fourth-order valence-electron chi connectivity index (χ4n) is 3.56. The molecule has 0 amide bonds. The normalized spacial score (nSPS) is 16.2. The molecule has 1 aromatic heterocycles. The lowest BCUT2D eigenvalue weighted by atomic mass is 9.95. The SMILES string of the molecule is Cc1nc(NCc2ccccc2)cc(N2Cc3ccccc3C[C@H]2C)n1. The Morgan fingerprint density at radius 1 is 1.00 bits per heavy atom. The summed E-state index contributed by atoms with van der Waals surface area (Å²) in [4.78, 5) is 11.7. The van der Waals surface area contributed by atoms with Crippen LogP contribution >= 0.6 is 0 Å². The highest BCUT2D eigenvalue weighted by Crippen LogP contribution is 2.28. The minimum atomic E-state index is 0.418. The summed E-state index contributed by atoms with van der Waals surface area (Å²) in [6, 6.07) is 21.6. The largest absolute Gasteiger partial charge is 0.366 e. The molecule has 26 heavy (non-hydrogen) atoms. The second kappa shape index (κ2) is 7.16. The van der Waals surface area contributed by atoms with Crippen LogP contribution < -0.4 is 10.2 Å². The van der Waals surface area contributed by atoms with Gasteiger partial charge >= 0.3 is 0 Å². The van der Waals surface area contributed by atoms with Crippen molar-refractivity contribution in [2.75, 3.05) is 10.2 Å². The number of hydrogen-bond donors (Lipinski definition) is 1. The molecule has 1 N–H and O–H groups in total. The number of rotatable bonds is 4. The fraction of sp³-hybridized carbons (Fsp3) is 0.273. The highest BCUT2D eigenvalue weighted by Gasteiger charge is 2.24. The summed E-state index contributed by atoms with van der Waals surface area (Å²) < 4.78 is 0. The van der Waals surface area contributed by atoms with Gasteiger partial charge in [-0.05, 0) is 37.0 Å². The lowest BCUT2D eigenvalue weighted by Gasteiger charge is -2.36. The topological polar surface area (TPSA) is 41.1 Å². The fourth-order valence-corrected chi connectivity index (χ4v) is 3.56. The van der Waals surface area contributed by atoms with Crippen LogP contribution in [0.3, 0.4) is 0 Å². The monoisotopic (exact) mass is 344 g/mol. The molecule has 0 saturated heterocycles. The maximum Gasteiger partial charge on any atom is 0.134 e. The van der Waals surface area contributed by atoms with E-state index < -0.39 is 0 Å². The summed E-state index contributed by atoms with van der Waals surface area (Å²) in [6.45, 7) is 5.88. The molecule has 1 aliphatic rings. The Bertz CT molecular complexity index is 892. The van der Waals surface area contributed by atoms with Gasteiger partial charge in [0.25, 0.3) is 0 Å². The van der Waals surface area contributed by atoms with Crippen LogP contribution in [0.4, 0.5) is 11.6 Å².